The maximum atomic E-state index is 13.4. The molecule has 0 radical (unpaired) electrons. The molecule has 0 aromatic heterocycles. The van der Waals surface area contributed by atoms with Crippen molar-refractivity contribution in [3.05, 3.63) is 70.5 Å². The summed E-state index contributed by atoms with van der Waals surface area (Å²) in [4.78, 5) is 0. The maximum absolute atomic E-state index is 13.4. The van der Waals surface area contributed by atoms with Crippen molar-refractivity contribution in [1.29, 1.82) is 0 Å². The molecule has 0 heterocycles. The summed E-state index contributed by atoms with van der Waals surface area (Å²) in [6, 6.07) is 15.0. The van der Waals surface area contributed by atoms with E-state index in [1.54, 1.807) is 6.07 Å². The number of likely N-dealkylation sites (N-methyl/N-ethyl adjacent to an activating group) is 1. The van der Waals surface area contributed by atoms with Gasteiger partial charge in [0.25, 0.3) is 0 Å². The smallest absolute Gasteiger partial charge is 0.123 e. The lowest BCUT2D eigenvalue weighted by molar-refractivity contribution is 0.356. The topological polar surface area (TPSA) is 12.0 Å². The highest BCUT2D eigenvalue weighted by Gasteiger charge is 2.30. The minimum atomic E-state index is -0.248. The van der Waals surface area contributed by atoms with Crippen LogP contribution >= 0.6 is 11.6 Å². The lowest BCUT2D eigenvalue weighted by atomic mass is 9.75. The summed E-state index contributed by atoms with van der Waals surface area (Å²) in [7, 11) is 1.93. The summed E-state index contributed by atoms with van der Waals surface area (Å²) in [5.74, 6) is -0.248. The van der Waals surface area contributed by atoms with Gasteiger partial charge >= 0.3 is 0 Å². The molecule has 1 atom stereocenters. The van der Waals surface area contributed by atoms with E-state index in [9.17, 15) is 4.39 Å². The first-order valence-corrected chi connectivity index (χ1v) is 7.49. The lowest BCUT2D eigenvalue weighted by Crippen LogP contribution is -2.44. The summed E-state index contributed by atoms with van der Waals surface area (Å²) < 4.78 is 13.4. The molecule has 0 fully saturated rings. The van der Waals surface area contributed by atoms with Crippen LogP contribution in [0.2, 0.25) is 5.02 Å². The molecule has 0 bridgehead atoms. The summed E-state index contributed by atoms with van der Waals surface area (Å²) in [5.41, 5.74) is 1.99. The van der Waals surface area contributed by atoms with E-state index in [2.05, 4.69) is 31.3 Å². The molecule has 2 rings (SSSR count). The zero-order chi connectivity index (χ0) is 15.5. The van der Waals surface area contributed by atoms with Crippen molar-refractivity contribution in [1.82, 2.24) is 5.32 Å². The summed E-state index contributed by atoms with van der Waals surface area (Å²) in [6.07, 6.45) is 0.676. The van der Waals surface area contributed by atoms with Crippen LogP contribution in [-0.2, 0) is 11.8 Å². The monoisotopic (exact) mass is 305 g/mol. The van der Waals surface area contributed by atoms with Crippen LogP contribution in [0.25, 0.3) is 0 Å². The van der Waals surface area contributed by atoms with E-state index in [0.717, 1.165) is 5.56 Å². The largest absolute Gasteiger partial charge is 0.316 e. The number of hydrogen-bond donors (Lipinski definition) is 1. The van der Waals surface area contributed by atoms with Crippen molar-refractivity contribution in [3.8, 4) is 0 Å². The molecule has 0 aliphatic heterocycles. The van der Waals surface area contributed by atoms with Crippen molar-refractivity contribution in [2.75, 3.05) is 7.05 Å². The molecule has 3 heteroatoms. The van der Waals surface area contributed by atoms with Crippen LogP contribution in [0.15, 0.2) is 48.5 Å². The van der Waals surface area contributed by atoms with Gasteiger partial charge in [0.2, 0.25) is 0 Å². The van der Waals surface area contributed by atoms with Crippen molar-refractivity contribution in [2.45, 2.75) is 31.7 Å². The van der Waals surface area contributed by atoms with Crippen molar-refractivity contribution < 1.29 is 4.39 Å². The van der Waals surface area contributed by atoms with Crippen molar-refractivity contribution in [3.63, 3.8) is 0 Å². The Morgan fingerprint density at radius 1 is 1.14 bits per heavy atom. The molecular weight excluding hydrogens is 285 g/mol. The van der Waals surface area contributed by atoms with Gasteiger partial charge in [0.05, 0.1) is 0 Å². The molecule has 2 aromatic rings. The molecule has 0 amide bonds. The Morgan fingerprint density at radius 2 is 1.81 bits per heavy atom. The third-order valence-electron chi connectivity index (χ3n) is 4.17. The van der Waals surface area contributed by atoms with E-state index in [1.807, 2.05) is 25.2 Å². The first-order valence-electron chi connectivity index (χ1n) is 7.12. The third-order valence-corrected chi connectivity index (χ3v) is 4.54. The fraction of sp³-hybridized carbons (Fsp3) is 0.333. The summed E-state index contributed by atoms with van der Waals surface area (Å²) in [5, 5.41) is 3.97. The molecule has 1 unspecified atom stereocenters. The van der Waals surface area contributed by atoms with Crippen LogP contribution < -0.4 is 5.32 Å². The Balaban J connectivity index is 2.29. The van der Waals surface area contributed by atoms with Crippen LogP contribution in [0.5, 0.6) is 0 Å². The van der Waals surface area contributed by atoms with Crippen molar-refractivity contribution >= 4 is 11.6 Å². The molecule has 0 aliphatic rings. The average molecular weight is 306 g/mol. The quantitative estimate of drug-likeness (QED) is 0.852. The molecule has 112 valence electrons. The van der Waals surface area contributed by atoms with Gasteiger partial charge in [0, 0.05) is 16.5 Å². The summed E-state index contributed by atoms with van der Waals surface area (Å²) in [6.45, 7) is 4.38. The number of nitrogens with one attached hydrogen (secondary N) is 1. The lowest BCUT2D eigenvalue weighted by Gasteiger charge is -2.35. The molecule has 21 heavy (non-hydrogen) atoms. The maximum Gasteiger partial charge on any atom is 0.123 e. The fourth-order valence-electron chi connectivity index (χ4n) is 2.71. The predicted octanol–water partition coefficient (Wildman–Crippen LogP) is 4.59. The normalized spacial score (nSPS) is 13.2. The minimum absolute atomic E-state index is 0.0916. The second-order valence-corrected chi connectivity index (χ2v) is 6.28. The van der Waals surface area contributed by atoms with Gasteiger partial charge in [-0.3, -0.25) is 0 Å². The Morgan fingerprint density at radius 3 is 2.43 bits per heavy atom. The fourth-order valence-corrected chi connectivity index (χ4v) is 2.90. The van der Waals surface area contributed by atoms with Gasteiger partial charge < -0.3 is 5.32 Å². The van der Waals surface area contributed by atoms with Gasteiger partial charge in [-0.05, 0) is 42.8 Å². The highest BCUT2D eigenvalue weighted by atomic mass is 35.5. The van der Waals surface area contributed by atoms with Gasteiger partial charge in [-0.2, -0.15) is 0 Å². The number of halogens is 2. The van der Waals surface area contributed by atoms with Gasteiger partial charge in [-0.15, -0.1) is 0 Å². The van der Waals surface area contributed by atoms with E-state index in [1.165, 1.54) is 17.7 Å². The molecule has 1 N–H and O–H groups in total. The second-order valence-electron chi connectivity index (χ2n) is 5.87. The molecule has 1 nitrogen and oxygen atoms in total. The number of hydrogen-bond acceptors (Lipinski definition) is 1. The van der Waals surface area contributed by atoms with Crippen molar-refractivity contribution in [2.24, 2.45) is 0 Å². The van der Waals surface area contributed by atoms with Crippen LogP contribution in [0.1, 0.15) is 25.0 Å². The Hall–Kier alpha value is -1.38. The number of rotatable bonds is 5. The van der Waals surface area contributed by atoms with E-state index in [4.69, 9.17) is 11.6 Å². The Bertz CT molecular complexity index is 595. The Labute approximate surface area is 131 Å². The molecule has 0 aliphatic carbocycles. The highest BCUT2D eigenvalue weighted by Crippen LogP contribution is 2.30. The SMILES string of the molecule is CNC(Cc1cc(F)ccc1Cl)C(C)(C)c1ccccc1. The summed E-state index contributed by atoms with van der Waals surface area (Å²) >= 11 is 6.20. The first-order chi connectivity index (χ1) is 9.95. The molecule has 0 spiro atoms. The average Bonchev–Trinajstić information content (AvgIpc) is 2.48. The van der Waals surface area contributed by atoms with Gasteiger partial charge in [-0.25, -0.2) is 4.39 Å². The van der Waals surface area contributed by atoms with Gasteiger partial charge in [0.15, 0.2) is 0 Å². The van der Waals surface area contributed by atoms with E-state index < -0.39 is 0 Å². The van der Waals surface area contributed by atoms with Crippen LogP contribution in [-0.4, -0.2) is 13.1 Å². The molecule has 0 saturated heterocycles. The second kappa shape index (κ2) is 6.59. The van der Waals surface area contributed by atoms with Crippen LogP contribution in [0, 0.1) is 5.82 Å². The van der Waals surface area contributed by atoms with E-state index >= 15 is 0 Å². The number of benzene rings is 2. The van der Waals surface area contributed by atoms with Crippen LogP contribution in [0.4, 0.5) is 4.39 Å². The highest BCUT2D eigenvalue weighted by molar-refractivity contribution is 6.31. The standard InChI is InChI=1S/C18H21ClFN/c1-18(2,14-7-5-4-6-8-14)17(21-3)12-13-11-15(20)9-10-16(13)19/h4-11,17,21H,12H2,1-3H3. The predicted molar refractivity (Wildman–Crippen MR) is 87.4 cm³/mol. The molecule has 2 aromatic carbocycles. The van der Waals surface area contributed by atoms with Gasteiger partial charge in [0.1, 0.15) is 5.82 Å². The Kier molecular flexibility index (Phi) is 5.02. The zero-order valence-corrected chi connectivity index (χ0v) is 13.4. The van der Waals surface area contributed by atoms with Crippen LogP contribution in [0.3, 0.4) is 0 Å². The molecule has 0 saturated carbocycles. The zero-order valence-electron chi connectivity index (χ0n) is 12.7. The third kappa shape index (κ3) is 3.63. The minimum Gasteiger partial charge on any atom is -0.316 e. The van der Waals surface area contributed by atoms with E-state index in [0.29, 0.717) is 11.4 Å². The molecular formula is C18H21ClFN. The first kappa shape index (κ1) is 16.0. The van der Waals surface area contributed by atoms with E-state index in [-0.39, 0.29) is 17.3 Å². The van der Waals surface area contributed by atoms with Gasteiger partial charge in [-0.1, -0.05) is 55.8 Å².